The van der Waals surface area contributed by atoms with Gasteiger partial charge in [0, 0.05) is 36.1 Å². The predicted octanol–water partition coefficient (Wildman–Crippen LogP) is 2.68. The summed E-state index contributed by atoms with van der Waals surface area (Å²) in [7, 11) is 0. The molecule has 0 unspecified atom stereocenters. The first-order valence-corrected chi connectivity index (χ1v) is 9.74. The van der Waals surface area contributed by atoms with Crippen molar-refractivity contribution in [2.24, 2.45) is 33.9 Å². The van der Waals surface area contributed by atoms with Crippen LogP contribution < -0.4 is 10.9 Å². The summed E-state index contributed by atoms with van der Waals surface area (Å²) < 4.78 is 0. The van der Waals surface area contributed by atoms with Gasteiger partial charge in [0.1, 0.15) is 0 Å². The lowest BCUT2D eigenvalue weighted by Crippen LogP contribution is -2.35. The van der Waals surface area contributed by atoms with Gasteiger partial charge in [0.2, 0.25) is 11.8 Å². The highest BCUT2D eigenvalue weighted by atomic mass is 16.2. The van der Waals surface area contributed by atoms with Crippen molar-refractivity contribution in [3.63, 3.8) is 0 Å². The molecule has 0 bridgehead atoms. The van der Waals surface area contributed by atoms with Crippen LogP contribution in [0.4, 0.5) is 0 Å². The number of nitrogens with zero attached hydrogens (tertiary/aromatic N) is 2. The highest BCUT2D eigenvalue weighted by molar-refractivity contribution is 5.96. The Kier molecular flexibility index (Phi) is 5.00. The molecule has 0 aromatic heterocycles. The standard InChI is InChI=1S/C20H26N4O2/c25-19(23-21-17-11-13-5-3-7-15(13)17)9-1-2-10-20(26)24-22-18-12-14-6-4-8-16(14)18/h3-4,7-8,13-16H,1-2,5-6,9-12H2,(H,23,25)(H,24,26)/b21-17-,22-18-/t13-,14+,15-,16+. The fourth-order valence-electron chi connectivity index (χ4n) is 4.27. The van der Waals surface area contributed by atoms with Gasteiger partial charge in [-0.25, -0.2) is 10.9 Å². The van der Waals surface area contributed by atoms with Gasteiger partial charge in [0.25, 0.3) is 0 Å². The fourth-order valence-corrected chi connectivity index (χ4v) is 4.27. The molecule has 26 heavy (non-hydrogen) atoms. The molecule has 2 saturated carbocycles. The van der Waals surface area contributed by atoms with Gasteiger partial charge in [-0.3, -0.25) is 9.59 Å². The lowest BCUT2D eigenvalue weighted by molar-refractivity contribution is -0.123. The Hall–Kier alpha value is -2.24. The molecule has 4 rings (SSSR count). The van der Waals surface area contributed by atoms with Crippen molar-refractivity contribution in [1.82, 2.24) is 10.9 Å². The van der Waals surface area contributed by atoms with Gasteiger partial charge < -0.3 is 0 Å². The van der Waals surface area contributed by atoms with E-state index >= 15 is 0 Å². The maximum Gasteiger partial charge on any atom is 0.240 e. The van der Waals surface area contributed by atoms with Crippen LogP contribution in [0.25, 0.3) is 0 Å². The van der Waals surface area contributed by atoms with Crippen molar-refractivity contribution in [2.75, 3.05) is 0 Å². The van der Waals surface area contributed by atoms with E-state index in [0.29, 0.717) is 49.4 Å². The minimum absolute atomic E-state index is 0.0721. The van der Waals surface area contributed by atoms with E-state index in [4.69, 9.17) is 0 Å². The third-order valence-electron chi connectivity index (χ3n) is 6.00. The molecule has 2 N–H and O–H groups in total. The summed E-state index contributed by atoms with van der Waals surface area (Å²) >= 11 is 0. The van der Waals surface area contributed by atoms with Gasteiger partial charge in [-0.1, -0.05) is 24.3 Å². The molecule has 138 valence electrons. The number of hydrazone groups is 2. The molecule has 0 spiro atoms. The molecule has 6 heteroatoms. The Morgan fingerprint density at radius 2 is 1.31 bits per heavy atom. The second-order valence-corrected chi connectivity index (χ2v) is 7.79. The van der Waals surface area contributed by atoms with Crippen LogP contribution in [0.1, 0.15) is 51.4 Å². The van der Waals surface area contributed by atoms with Crippen molar-refractivity contribution in [1.29, 1.82) is 0 Å². The Bertz CT molecular complexity index is 647. The number of allylic oxidation sites excluding steroid dienone is 4. The van der Waals surface area contributed by atoms with E-state index in [0.717, 1.165) is 37.1 Å². The highest BCUT2D eigenvalue weighted by Crippen LogP contribution is 2.40. The zero-order valence-corrected chi connectivity index (χ0v) is 15.0. The van der Waals surface area contributed by atoms with Crippen molar-refractivity contribution in [3.05, 3.63) is 24.3 Å². The normalized spacial score (nSPS) is 33.5. The van der Waals surface area contributed by atoms with Crippen molar-refractivity contribution < 1.29 is 9.59 Å². The Morgan fingerprint density at radius 3 is 1.73 bits per heavy atom. The van der Waals surface area contributed by atoms with E-state index in [9.17, 15) is 9.59 Å². The van der Waals surface area contributed by atoms with Crippen LogP contribution in [-0.4, -0.2) is 23.2 Å². The summed E-state index contributed by atoms with van der Waals surface area (Å²) in [6, 6.07) is 0. The van der Waals surface area contributed by atoms with Gasteiger partial charge in [-0.05, 0) is 50.4 Å². The molecule has 2 fully saturated rings. The summed E-state index contributed by atoms with van der Waals surface area (Å²) in [6.45, 7) is 0. The average molecular weight is 354 g/mol. The number of nitrogens with one attached hydrogen (secondary N) is 2. The lowest BCUT2D eigenvalue weighted by atomic mass is 9.74. The van der Waals surface area contributed by atoms with Crippen LogP contribution in [0.5, 0.6) is 0 Å². The number of carbonyl (C=O) groups is 2. The van der Waals surface area contributed by atoms with E-state index in [1.165, 1.54) is 0 Å². The van der Waals surface area contributed by atoms with E-state index in [2.05, 4.69) is 45.4 Å². The van der Waals surface area contributed by atoms with Gasteiger partial charge in [0.05, 0.1) is 0 Å². The fraction of sp³-hybridized carbons (Fsp3) is 0.600. The molecule has 2 amide bonds. The molecule has 0 aromatic carbocycles. The zero-order chi connectivity index (χ0) is 17.9. The summed E-state index contributed by atoms with van der Waals surface area (Å²) in [6.07, 6.45) is 15.2. The molecule has 0 aliphatic heterocycles. The molecular weight excluding hydrogens is 328 g/mol. The second-order valence-electron chi connectivity index (χ2n) is 7.79. The molecule has 4 aliphatic carbocycles. The Balaban J connectivity index is 1.07. The maximum atomic E-state index is 11.8. The number of rotatable bonds is 7. The first-order valence-electron chi connectivity index (χ1n) is 9.74. The number of fused-ring (bicyclic) bond motifs is 2. The third kappa shape index (κ3) is 3.64. The molecule has 0 heterocycles. The molecule has 0 aromatic rings. The predicted molar refractivity (Wildman–Crippen MR) is 100 cm³/mol. The smallest absolute Gasteiger partial charge is 0.240 e. The van der Waals surface area contributed by atoms with E-state index in [1.54, 1.807) is 0 Å². The van der Waals surface area contributed by atoms with Crippen molar-refractivity contribution >= 4 is 23.2 Å². The number of hydrogen-bond acceptors (Lipinski definition) is 4. The average Bonchev–Trinajstić information content (AvgIpc) is 3.15. The summed E-state index contributed by atoms with van der Waals surface area (Å²) in [5, 5.41) is 8.48. The number of carbonyl (C=O) groups excluding carboxylic acids is 2. The van der Waals surface area contributed by atoms with Crippen LogP contribution in [0.3, 0.4) is 0 Å². The lowest BCUT2D eigenvalue weighted by Gasteiger charge is -2.31. The maximum absolute atomic E-state index is 11.8. The van der Waals surface area contributed by atoms with E-state index in [1.807, 2.05) is 0 Å². The molecule has 4 atom stereocenters. The number of unbranched alkanes of at least 4 members (excludes halogenated alkanes) is 1. The topological polar surface area (TPSA) is 82.9 Å². The van der Waals surface area contributed by atoms with Gasteiger partial charge in [0.15, 0.2) is 0 Å². The minimum atomic E-state index is -0.0721. The first-order chi connectivity index (χ1) is 12.7. The van der Waals surface area contributed by atoms with Crippen LogP contribution in [0.2, 0.25) is 0 Å². The van der Waals surface area contributed by atoms with Crippen molar-refractivity contribution in [2.45, 2.75) is 51.4 Å². The molecule has 4 aliphatic rings. The monoisotopic (exact) mass is 354 g/mol. The Labute approximate surface area is 153 Å². The Morgan fingerprint density at radius 1 is 0.846 bits per heavy atom. The molecular formula is C20H26N4O2. The van der Waals surface area contributed by atoms with Crippen LogP contribution in [0.15, 0.2) is 34.5 Å². The van der Waals surface area contributed by atoms with Crippen LogP contribution >= 0.6 is 0 Å². The SMILES string of the molecule is O=C(CCCCC(=O)N/N=C1/C[C@H]2CC=C[C@@H]12)N/N=C1/C[C@@H]2CC=C[C@H]12. The summed E-state index contributed by atoms with van der Waals surface area (Å²) in [5.74, 6) is 2.18. The summed E-state index contributed by atoms with van der Waals surface area (Å²) in [4.78, 5) is 23.7. The third-order valence-corrected chi connectivity index (χ3v) is 6.00. The quantitative estimate of drug-likeness (QED) is 0.419. The second kappa shape index (κ2) is 7.56. The zero-order valence-electron chi connectivity index (χ0n) is 15.0. The largest absolute Gasteiger partial charge is 0.273 e. The number of amides is 2. The minimum Gasteiger partial charge on any atom is -0.273 e. The van der Waals surface area contributed by atoms with E-state index in [-0.39, 0.29) is 11.8 Å². The summed E-state index contributed by atoms with van der Waals surface area (Å²) in [5.41, 5.74) is 7.47. The van der Waals surface area contributed by atoms with Crippen LogP contribution in [0, 0.1) is 23.7 Å². The van der Waals surface area contributed by atoms with E-state index < -0.39 is 0 Å². The van der Waals surface area contributed by atoms with Crippen molar-refractivity contribution in [3.8, 4) is 0 Å². The first kappa shape index (κ1) is 17.2. The van der Waals surface area contributed by atoms with Gasteiger partial charge in [-0.15, -0.1) is 0 Å². The van der Waals surface area contributed by atoms with Gasteiger partial charge >= 0.3 is 0 Å². The molecule has 0 saturated heterocycles. The van der Waals surface area contributed by atoms with Crippen LogP contribution in [-0.2, 0) is 9.59 Å². The number of hydrogen-bond donors (Lipinski definition) is 2. The van der Waals surface area contributed by atoms with Gasteiger partial charge in [-0.2, -0.15) is 10.2 Å². The molecule has 0 radical (unpaired) electrons. The molecule has 6 nitrogen and oxygen atoms in total. The highest BCUT2D eigenvalue weighted by Gasteiger charge is 2.38.